The molecular formula is C13H10BrN3O2S. The van der Waals surface area contributed by atoms with E-state index < -0.39 is 10.0 Å². The van der Waals surface area contributed by atoms with Crippen LogP contribution in [0, 0.1) is 18.3 Å². The van der Waals surface area contributed by atoms with Gasteiger partial charge in [-0.2, -0.15) is 5.26 Å². The second-order valence-corrected chi connectivity index (χ2v) is 6.60. The Labute approximate surface area is 125 Å². The van der Waals surface area contributed by atoms with Crippen molar-refractivity contribution in [1.82, 2.24) is 4.98 Å². The summed E-state index contributed by atoms with van der Waals surface area (Å²) in [6, 6.07) is 9.33. The van der Waals surface area contributed by atoms with Crippen LogP contribution in [0.15, 0.2) is 45.9 Å². The van der Waals surface area contributed by atoms with Crippen LogP contribution in [0.5, 0.6) is 0 Å². The Morgan fingerprint density at radius 3 is 2.75 bits per heavy atom. The van der Waals surface area contributed by atoms with Crippen LogP contribution in [0.3, 0.4) is 0 Å². The number of nitrogens with zero attached hydrogens (tertiary/aromatic N) is 2. The topological polar surface area (TPSA) is 82.9 Å². The molecule has 2 rings (SSSR count). The van der Waals surface area contributed by atoms with Gasteiger partial charge in [-0.05, 0) is 52.7 Å². The highest BCUT2D eigenvalue weighted by Crippen LogP contribution is 2.20. The lowest BCUT2D eigenvalue weighted by Crippen LogP contribution is -2.14. The minimum atomic E-state index is -3.75. The molecule has 7 heteroatoms. The summed E-state index contributed by atoms with van der Waals surface area (Å²) in [6.07, 6.45) is 1.53. The second-order valence-electron chi connectivity index (χ2n) is 4.06. The fourth-order valence-electron chi connectivity index (χ4n) is 1.52. The maximum Gasteiger partial charge on any atom is 0.263 e. The van der Waals surface area contributed by atoms with E-state index in [9.17, 15) is 8.42 Å². The van der Waals surface area contributed by atoms with Crippen molar-refractivity contribution in [2.75, 3.05) is 4.72 Å². The van der Waals surface area contributed by atoms with Gasteiger partial charge in [0.1, 0.15) is 5.82 Å². The van der Waals surface area contributed by atoms with Crippen LogP contribution in [0.1, 0.15) is 11.1 Å². The smallest absolute Gasteiger partial charge is 0.263 e. The monoisotopic (exact) mass is 351 g/mol. The summed E-state index contributed by atoms with van der Waals surface area (Å²) in [6.45, 7) is 1.83. The summed E-state index contributed by atoms with van der Waals surface area (Å²) >= 11 is 3.30. The van der Waals surface area contributed by atoms with Crippen LogP contribution < -0.4 is 4.72 Å². The molecule has 0 bridgehead atoms. The Morgan fingerprint density at radius 1 is 1.35 bits per heavy atom. The molecule has 0 spiro atoms. The van der Waals surface area contributed by atoms with E-state index >= 15 is 0 Å². The molecule has 0 aliphatic rings. The highest BCUT2D eigenvalue weighted by Gasteiger charge is 2.15. The zero-order valence-electron chi connectivity index (χ0n) is 10.5. The molecule has 1 aromatic heterocycles. The van der Waals surface area contributed by atoms with Gasteiger partial charge >= 0.3 is 0 Å². The number of hydrogen-bond donors (Lipinski definition) is 1. The molecule has 20 heavy (non-hydrogen) atoms. The zero-order chi connectivity index (χ0) is 14.8. The molecule has 1 heterocycles. The van der Waals surface area contributed by atoms with Crippen molar-refractivity contribution in [3.05, 3.63) is 52.1 Å². The molecule has 0 aliphatic carbocycles. The third-order valence-electron chi connectivity index (χ3n) is 2.56. The van der Waals surface area contributed by atoms with E-state index in [4.69, 9.17) is 5.26 Å². The number of rotatable bonds is 3. The summed E-state index contributed by atoms with van der Waals surface area (Å²) in [7, 11) is -3.75. The molecule has 0 aliphatic heterocycles. The Bertz CT molecular complexity index is 798. The van der Waals surface area contributed by atoms with Crippen molar-refractivity contribution < 1.29 is 8.42 Å². The summed E-state index contributed by atoms with van der Waals surface area (Å²) < 4.78 is 27.6. The second kappa shape index (κ2) is 5.61. The third kappa shape index (κ3) is 3.15. The Balaban J connectivity index is 2.35. The SMILES string of the molecule is Cc1cc(NS(=O)(=O)c2cccc(C#N)c2)ncc1Br. The fraction of sp³-hybridized carbons (Fsp3) is 0.0769. The van der Waals surface area contributed by atoms with Crippen molar-refractivity contribution in [2.24, 2.45) is 0 Å². The summed E-state index contributed by atoms with van der Waals surface area (Å²) in [5.41, 5.74) is 1.15. The lowest BCUT2D eigenvalue weighted by atomic mass is 10.2. The van der Waals surface area contributed by atoms with Gasteiger partial charge in [0.2, 0.25) is 0 Å². The van der Waals surface area contributed by atoms with Gasteiger partial charge in [-0.3, -0.25) is 4.72 Å². The van der Waals surface area contributed by atoms with Crippen LogP contribution in [0.2, 0.25) is 0 Å². The van der Waals surface area contributed by atoms with Gasteiger partial charge in [-0.1, -0.05) is 6.07 Å². The number of anilines is 1. The number of pyridine rings is 1. The number of nitriles is 1. The van der Waals surface area contributed by atoms with Gasteiger partial charge in [-0.15, -0.1) is 0 Å². The number of halogens is 1. The van der Waals surface area contributed by atoms with E-state index in [2.05, 4.69) is 25.6 Å². The highest BCUT2D eigenvalue weighted by molar-refractivity contribution is 9.10. The largest absolute Gasteiger partial charge is 0.263 e. The summed E-state index contributed by atoms with van der Waals surface area (Å²) in [5.74, 6) is 0.230. The van der Waals surface area contributed by atoms with E-state index in [1.54, 1.807) is 12.1 Å². The van der Waals surface area contributed by atoms with Gasteiger partial charge in [0.05, 0.1) is 16.5 Å². The number of sulfonamides is 1. The van der Waals surface area contributed by atoms with Gasteiger partial charge in [0.25, 0.3) is 10.0 Å². The van der Waals surface area contributed by atoms with E-state index in [1.165, 1.54) is 24.4 Å². The summed E-state index contributed by atoms with van der Waals surface area (Å²) in [5, 5.41) is 8.80. The van der Waals surface area contributed by atoms with E-state index in [1.807, 2.05) is 13.0 Å². The number of benzene rings is 1. The van der Waals surface area contributed by atoms with Crippen LogP contribution >= 0.6 is 15.9 Å². The molecule has 1 N–H and O–H groups in total. The molecule has 0 fully saturated rings. The minimum Gasteiger partial charge on any atom is -0.263 e. The quantitative estimate of drug-likeness (QED) is 0.921. The fourth-order valence-corrected chi connectivity index (χ4v) is 2.79. The average molecular weight is 352 g/mol. The standard InChI is InChI=1S/C13H10BrN3O2S/c1-9-5-13(16-8-12(9)14)17-20(18,19)11-4-2-3-10(6-11)7-15/h2-6,8H,1H3,(H,16,17). The van der Waals surface area contributed by atoms with Gasteiger partial charge in [-0.25, -0.2) is 13.4 Å². The molecule has 0 amide bonds. The van der Waals surface area contributed by atoms with Crippen LogP contribution in [-0.4, -0.2) is 13.4 Å². The average Bonchev–Trinajstić information content (AvgIpc) is 2.43. The molecule has 1 aromatic carbocycles. The van der Waals surface area contributed by atoms with Crippen molar-refractivity contribution in [3.8, 4) is 6.07 Å². The first-order valence-electron chi connectivity index (χ1n) is 5.57. The first-order chi connectivity index (χ1) is 9.42. The van der Waals surface area contributed by atoms with Crippen LogP contribution in [0.25, 0.3) is 0 Å². The van der Waals surface area contributed by atoms with Gasteiger partial charge < -0.3 is 0 Å². The Kier molecular flexibility index (Phi) is 4.06. The van der Waals surface area contributed by atoms with Crippen molar-refractivity contribution >= 4 is 31.8 Å². The van der Waals surface area contributed by atoms with Gasteiger partial charge in [0.15, 0.2) is 0 Å². The number of aromatic nitrogens is 1. The summed E-state index contributed by atoms with van der Waals surface area (Å²) in [4.78, 5) is 4.02. The normalized spacial score (nSPS) is 10.8. The van der Waals surface area contributed by atoms with Crippen molar-refractivity contribution in [3.63, 3.8) is 0 Å². The molecule has 0 saturated heterocycles. The molecule has 0 unspecified atom stereocenters. The first-order valence-corrected chi connectivity index (χ1v) is 7.85. The number of nitrogens with one attached hydrogen (secondary N) is 1. The molecule has 0 saturated carbocycles. The van der Waals surface area contributed by atoms with E-state index in [-0.39, 0.29) is 16.3 Å². The minimum absolute atomic E-state index is 0.0268. The zero-order valence-corrected chi connectivity index (χ0v) is 12.9. The van der Waals surface area contributed by atoms with Crippen LogP contribution in [0.4, 0.5) is 5.82 Å². The molecule has 0 radical (unpaired) electrons. The van der Waals surface area contributed by atoms with E-state index in [0.717, 1.165) is 10.0 Å². The maximum atomic E-state index is 12.2. The van der Waals surface area contributed by atoms with Crippen molar-refractivity contribution in [2.45, 2.75) is 11.8 Å². The molecule has 0 atom stereocenters. The lowest BCUT2D eigenvalue weighted by molar-refractivity contribution is 0.601. The Hall–Kier alpha value is -1.91. The molecule has 2 aromatic rings. The molecule has 102 valence electrons. The van der Waals surface area contributed by atoms with Gasteiger partial charge in [0, 0.05) is 10.7 Å². The van der Waals surface area contributed by atoms with Crippen molar-refractivity contribution in [1.29, 1.82) is 5.26 Å². The molecular weight excluding hydrogens is 342 g/mol. The third-order valence-corrected chi connectivity index (χ3v) is 4.74. The highest BCUT2D eigenvalue weighted by atomic mass is 79.9. The first kappa shape index (κ1) is 14.5. The van der Waals surface area contributed by atoms with E-state index in [0.29, 0.717) is 0 Å². The predicted octanol–water partition coefficient (Wildman–Crippen LogP) is 2.83. The lowest BCUT2D eigenvalue weighted by Gasteiger charge is -2.08. The maximum absolute atomic E-state index is 12.2. The van der Waals surface area contributed by atoms with Crippen LogP contribution in [-0.2, 0) is 10.0 Å². The number of aryl methyl sites for hydroxylation is 1. The molecule has 5 nitrogen and oxygen atoms in total. The Morgan fingerprint density at radius 2 is 2.10 bits per heavy atom. The predicted molar refractivity (Wildman–Crippen MR) is 78.6 cm³/mol. The number of hydrogen-bond acceptors (Lipinski definition) is 4.